The number of hydrogen-bond donors (Lipinski definition) is 2. The summed E-state index contributed by atoms with van der Waals surface area (Å²) in [5, 5.41) is 18.6. The Morgan fingerprint density at radius 3 is 2.67 bits per heavy atom. The third kappa shape index (κ3) is 4.47. The van der Waals surface area contributed by atoms with E-state index in [0.717, 1.165) is 32.4 Å². The van der Waals surface area contributed by atoms with Gasteiger partial charge in [0.15, 0.2) is 0 Å². The molecule has 0 aromatic heterocycles. The second kappa shape index (κ2) is 7.17. The third-order valence-electron chi connectivity index (χ3n) is 3.14. The van der Waals surface area contributed by atoms with E-state index in [1.54, 1.807) is 7.11 Å². The summed E-state index contributed by atoms with van der Waals surface area (Å²) < 4.78 is 5.02. The Morgan fingerprint density at radius 2 is 2.13 bits per heavy atom. The van der Waals surface area contributed by atoms with E-state index in [1.165, 1.54) is 0 Å². The Kier molecular flexibility index (Phi) is 6.17. The van der Waals surface area contributed by atoms with E-state index >= 15 is 0 Å². The zero-order valence-corrected chi connectivity index (χ0v) is 9.56. The van der Waals surface area contributed by atoms with Gasteiger partial charge in [0.05, 0.1) is 19.3 Å². The molecular weight excluding hydrogens is 194 g/mol. The predicted molar refractivity (Wildman–Crippen MR) is 58.7 cm³/mol. The van der Waals surface area contributed by atoms with Crippen LogP contribution in [0, 0.1) is 5.92 Å². The molecule has 2 atom stereocenters. The number of nitrogens with zero attached hydrogens (tertiary/aromatic N) is 1. The molecule has 0 aromatic carbocycles. The topological polar surface area (TPSA) is 52.9 Å². The van der Waals surface area contributed by atoms with Gasteiger partial charge in [-0.05, 0) is 18.8 Å². The molecule has 15 heavy (non-hydrogen) atoms. The van der Waals surface area contributed by atoms with Crippen molar-refractivity contribution in [1.29, 1.82) is 0 Å². The number of hydrogen-bond acceptors (Lipinski definition) is 4. The number of aliphatic hydroxyl groups excluding tert-OH is 2. The second-order valence-electron chi connectivity index (χ2n) is 4.28. The molecule has 0 heterocycles. The summed E-state index contributed by atoms with van der Waals surface area (Å²) in [5.41, 5.74) is 0. The van der Waals surface area contributed by atoms with Crippen molar-refractivity contribution in [1.82, 2.24) is 4.90 Å². The van der Waals surface area contributed by atoms with Crippen molar-refractivity contribution in [2.45, 2.75) is 25.4 Å². The summed E-state index contributed by atoms with van der Waals surface area (Å²) in [6, 6.07) is 0. The summed E-state index contributed by atoms with van der Waals surface area (Å²) in [5.74, 6) is 0.383. The van der Waals surface area contributed by atoms with Crippen LogP contribution in [0.2, 0.25) is 0 Å². The quantitative estimate of drug-likeness (QED) is 0.634. The van der Waals surface area contributed by atoms with Gasteiger partial charge in [-0.1, -0.05) is 6.42 Å². The lowest BCUT2D eigenvalue weighted by molar-refractivity contribution is 0.0779. The van der Waals surface area contributed by atoms with Gasteiger partial charge < -0.3 is 14.9 Å². The van der Waals surface area contributed by atoms with Crippen molar-refractivity contribution in [3.8, 4) is 0 Å². The first-order valence-corrected chi connectivity index (χ1v) is 5.78. The highest BCUT2D eigenvalue weighted by atomic mass is 16.5. The fourth-order valence-corrected chi connectivity index (χ4v) is 2.22. The van der Waals surface area contributed by atoms with Crippen molar-refractivity contribution >= 4 is 0 Å². The lowest BCUT2D eigenvalue weighted by atomic mass is 10.1. The van der Waals surface area contributed by atoms with Crippen molar-refractivity contribution < 1.29 is 14.9 Å². The summed E-state index contributed by atoms with van der Waals surface area (Å²) in [6.45, 7) is 3.24. The van der Waals surface area contributed by atoms with E-state index in [4.69, 9.17) is 9.84 Å². The number of rotatable bonds is 7. The van der Waals surface area contributed by atoms with Gasteiger partial charge in [0, 0.05) is 26.7 Å². The van der Waals surface area contributed by atoms with Crippen LogP contribution in [0.4, 0.5) is 0 Å². The first kappa shape index (κ1) is 12.9. The van der Waals surface area contributed by atoms with Gasteiger partial charge in [0.2, 0.25) is 0 Å². The summed E-state index contributed by atoms with van der Waals surface area (Å²) >= 11 is 0. The normalized spacial score (nSPS) is 26.4. The Bertz CT molecular complexity index is 166. The highest BCUT2D eigenvalue weighted by Gasteiger charge is 2.26. The highest BCUT2D eigenvalue weighted by molar-refractivity contribution is 4.79. The number of aliphatic hydroxyl groups is 2. The summed E-state index contributed by atoms with van der Waals surface area (Å²) in [7, 11) is 1.68. The Labute approximate surface area is 91.8 Å². The van der Waals surface area contributed by atoms with E-state index in [0.29, 0.717) is 19.1 Å². The standard InChI is InChI=1S/C11H23NO3/c1-15-8-6-12(5-7-13)9-10-3-2-4-11(10)14/h10-11,13-14H,2-9H2,1H3. The Hall–Kier alpha value is -0.160. The van der Waals surface area contributed by atoms with Crippen molar-refractivity contribution in [2.75, 3.05) is 40.0 Å². The Balaban J connectivity index is 2.28. The maximum Gasteiger partial charge on any atom is 0.0589 e. The van der Waals surface area contributed by atoms with Crippen LogP contribution in [0.3, 0.4) is 0 Å². The molecule has 2 unspecified atom stereocenters. The average molecular weight is 217 g/mol. The summed E-state index contributed by atoms with van der Waals surface area (Å²) in [4.78, 5) is 2.17. The summed E-state index contributed by atoms with van der Waals surface area (Å²) in [6.07, 6.45) is 3.02. The lowest BCUT2D eigenvalue weighted by Crippen LogP contribution is -2.36. The molecular formula is C11H23NO3. The smallest absolute Gasteiger partial charge is 0.0589 e. The molecule has 0 radical (unpaired) electrons. The van der Waals surface area contributed by atoms with Gasteiger partial charge in [-0.2, -0.15) is 0 Å². The largest absolute Gasteiger partial charge is 0.395 e. The van der Waals surface area contributed by atoms with E-state index < -0.39 is 0 Å². The fraction of sp³-hybridized carbons (Fsp3) is 1.00. The van der Waals surface area contributed by atoms with Crippen molar-refractivity contribution in [3.63, 3.8) is 0 Å². The van der Waals surface area contributed by atoms with Gasteiger partial charge >= 0.3 is 0 Å². The van der Waals surface area contributed by atoms with Crippen LogP contribution in [-0.2, 0) is 4.74 Å². The molecule has 4 nitrogen and oxygen atoms in total. The van der Waals surface area contributed by atoms with Crippen LogP contribution in [0.1, 0.15) is 19.3 Å². The number of methoxy groups -OCH3 is 1. The first-order valence-electron chi connectivity index (χ1n) is 5.78. The molecule has 0 amide bonds. The fourth-order valence-electron chi connectivity index (χ4n) is 2.22. The first-order chi connectivity index (χ1) is 7.27. The molecule has 4 heteroatoms. The molecule has 0 aliphatic heterocycles. The molecule has 1 aliphatic carbocycles. The minimum absolute atomic E-state index is 0.145. The van der Waals surface area contributed by atoms with Gasteiger partial charge in [-0.15, -0.1) is 0 Å². The predicted octanol–water partition coefficient (Wildman–Crippen LogP) is 0.0881. The molecule has 1 fully saturated rings. The van der Waals surface area contributed by atoms with Crippen LogP contribution in [-0.4, -0.2) is 61.2 Å². The van der Waals surface area contributed by atoms with Crippen LogP contribution >= 0.6 is 0 Å². The molecule has 0 spiro atoms. The van der Waals surface area contributed by atoms with Crippen LogP contribution in [0.15, 0.2) is 0 Å². The van der Waals surface area contributed by atoms with E-state index in [2.05, 4.69) is 4.90 Å². The highest BCUT2D eigenvalue weighted by Crippen LogP contribution is 2.26. The molecule has 1 aliphatic rings. The SMILES string of the molecule is COCCN(CCO)CC1CCCC1O. The molecule has 0 saturated heterocycles. The Morgan fingerprint density at radius 1 is 1.33 bits per heavy atom. The molecule has 90 valence electrons. The number of ether oxygens (including phenoxy) is 1. The molecule has 1 saturated carbocycles. The van der Waals surface area contributed by atoms with E-state index in [9.17, 15) is 5.11 Å². The maximum absolute atomic E-state index is 9.71. The van der Waals surface area contributed by atoms with Gasteiger partial charge in [0.25, 0.3) is 0 Å². The van der Waals surface area contributed by atoms with E-state index in [-0.39, 0.29) is 12.7 Å². The zero-order valence-electron chi connectivity index (χ0n) is 9.56. The maximum atomic E-state index is 9.71. The van der Waals surface area contributed by atoms with Crippen LogP contribution < -0.4 is 0 Å². The van der Waals surface area contributed by atoms with Crippen LogP contribution in [0.5, 0.6) is 0 Å². The van der Waals surface area contributed by atoms with Crippen molar-refractivity contribution in [3.05, 3.63) is 0 Å². The molecule has 0 bridgehead atoms. The molecule has 1 rings (SSSR count). The average Bonchev–Trinajstić information content (AvgIpc) is 2.61. The molecule has 0 aromatic rings. The monoisotopic (exact) mass is 217 g/mol. The van der Waals surface area contributed by atoms with Crippen molar-refractivity contribution in [2.24, 2.45) is 5.92 Å². The minimum Gasteiger partial charge on any atom is -0.395 e. The minimum atomic E-state index is -0.145. The van der Waals surface area contributed by atoms with Gasteiger partial charge in [0.1, 0.15) is 0 Å². The third-order valence-corrected chi connectivity index (χ3v) is 3.14. The van der Waals surface area contributed by atoms with Gasteiger partial charge in [-0.3, -0.25) is 4.90 Å². The van der Waals surface area contributed by atoms with Crippen LogP contribution in [0.25, 0.3) is 0 Å². The second-order valence-corrected chi connectivity index (χ2v) is 4.28. The van der Waals surface area contributed by atoms with E-state index in [1.807, 2.05) is 0 Å². The molecule has 2 N–H and O–H groups in total. The lowest BCUT2D eigenvalue weighted by Gasteiger charge is -2.25. The zero-order chi connectivity index (χ0) is 11.1. The van der Waals surface area contributed by atoms with Gasteiger partial charge in [-0.25, -0.2) is 0 Å².